The molecule has 0 bridgehead atoms. The Kier molecular flexibility index (Phi) is 4.75. The second-order valence-corrected chi connectivity index (χ2v) is 4.87. The van der Waals surface area contributed by atoms with Crippen molar-refractivity contribution < 1.29 is 9.47 Å². The minimum absolute atomic E-state index is 0.0855. The summed E-state index contributed by atoms with van der Waals surface area (Å²) in [5.74, 6) is 0.900. The first-order valence-electron chi connectivity index (χ1n) is 6.80. The number of methoxy groups -OCH3 is 2. The van der Waals surface area contributed by atoms with Gasteiger partial charge >= 0.3 is 0 Å². The fourth-order valence-electron chi connectivity index (χ4n) is 2.22. The molecule has 21 heavy (non-hydrogen) atoms. The van der Waals surface area contributed by atoms with Crippen molar-refractivity contribution in [3.63, 3.8) is 0 Å². The zero-order valence-corrected chi connectivity index (χ0v) is 13.1. The molecule has 1 N–H and O–H groups in total. The second-order valence-electron chi connectivity index (χ2n) is 4.87. The van der Waals surface area contributed by atoms with Gasteiger partial charge < -0.3 is 14.8 Å². The molecule has 0 aliphatic carbocycles. The number of aryl methyl sites for hydroxylation is 2. The normalized spacial score (nSPS) is 12.0. The van der Waals surface area contributed by atoms with Crippen LogP contribution < -0.4 is 14.8 Å². The molecule has 0 aliphatic rings. The summed E-state index contributed by atoms with van der Waals surface area (Å²) in [6, 6.07) is 6.27. The molecular formula is C16H21N3O2. The van der Waals surface area contributed by atoms with Gasteiger partial charge in [0.05, 0.1) is 26.5 Å². The van der Waals surface area contributed by atoms with E-state index in [-0.39, 0.29) is 6.04 Å². The molecule has 1 aromatic heterocycles. The van der Waals surface area contributed by atoms with Crippen molar-refractivity contribution in [2.75, 3.05) is 21.3 Å². The van der Waals surface area contributed by atoms with Gasteiger partial charge in [0.25, 0.3) is 0 Å². The van der Waals surface area contributed by atoms with Gasteiger partial charge in [-0.2, -0.15) is 4.98 Å². The van der Waals surface area contributed by atoms with Gasteiger partial charge in [0.15, 0.2) is 0 Å². The van der Waals surface area contributed by atoms with Crippen molar-refractivity contribution in [2.45, 2.75) is 19.9 Å². The van der Waals surface area contributed by atoms with E-state index in [1.54, 1.807) is 20.4 Å². The lowest BCUT2D eigenvalue weighted by atomic mass is 9.99. The largest absolute Gasteiger partial charge is 0.480 e. The van der Waals surface area contributed by atoms with Crippen LogP contribution in [-0.2, 0) is 0 Å². The summed E-state index contributed by atoms with van der Waals surface area (Å²) in [5.41, 5.74) is 4.37. The van der Waals surface area contributed by atoms with Crippen LogP contribution in [0.2, 0.25) is 0 Å². The van der Waals surface area contributed by atoms with Crippen LogP contribution >= 0.6 is 0 Å². The van der Waals surface area contributed by atoms with Crippen molar-refractivity contribution in [2.24, 2.45) is 0 Å². The first kappa shape index (κ1) is 15.3. The van der Waals surface area contributed by atoms with Gasteiger partial charge in [0, 0.05) is 0 Å². The van der Waals surface area contributed by atoms with E-state index in [2.05, 4.69) is 47.3 Å². The molecule has 112 valence electrons. The first-order valence-corrected chi connectivity index (χ1v) is 6.80. The quantitative estimate of drug-likeness (QED) is 0.915. The van der Waals surface area contributed by atoms with Crippen LogP contribution in [0.4, 0.5) is 0 Å². The summed E-state index contributed by atoms with van der Waals surface area (Å²) in [6.07, 6.45) is 1.60. The topological polar surface area (TPSA) is 56.3 Å². The Morgan fingerprint density at radius 3 is 2.43 bits per heavy atom. The number of aromatic nitrogens is 2. The van der Waals surface area contributed by atoms with E-state index in [1.807, 2.05) is 7.05 Å². The van der Waals surface area contributed by atoms with Gasteiger partial charge in [-0.05, 0) is 37.6 Å². The maximum Gasteiger partial charge on any atom is 0.240 e. The molecule has 0 fully saturated rings. The van der Waals surface area contributed by atoms with E-state index >= 15 is 0 Å². The van der Waals surface area contributed by atoms with E-state index in [4.69, 9.17) is 9.47 Å². The zero-order chi connectivity index (χ0) is 15.4. The Labute approximate surface area is 125 Å². The number of nitrogens with one attached hydrogen (secondary N) is 1. The summed E-state index contributed by atoms with van der Waals surface area (Å²) < 4.78 is 10.4. The smallest absolute Gasteiger partial charge is 0.240 e. The summed E-state index contributed by atoms with van der Waals surface area (Å²) in [5, 5.41) is 3.27. The van der Waals surface area contributed by atoms with Crippen LogP contribution in [0.5, 0.6) is 11.8 Å². The van der Waals surface area contributed by atoms with E-state index in [0.29, 0.717) is 11.8 Å². The maximum atomic E-state index is 5.35. The van der Waals surface area contributed by atoms with E-state index < -0.39 is 0 Å². The molecular weight excluding hydrogens is 266 g/mol. The maximum absolute atomic E-state index is 5.35. The number of nitrogens with zero attached hydrogens (tertiary/aromatic N) is 2. The minimum atomic E-state index is -0.0855. The molecule has 0 spiro atoms. The lowest BCUT2D eigenvalue weighted by Gasteiger charge is -2.19. The highest BCUT2D eigenvalue weighted by atomic mass is 16.5. The Bertz CT molecular complexity index is 629. The van der Waals surface area contributed by atoms with E-state index in [1.165, 1.54) is 11.1 Å². The summed E-state index contributed by atoms with van der Waals surface area (Å²) >= 11 is 0. The van der Waals surface area contributed by atoms with Crippen molar-refractivity contribution in [1.29, 1.82) is 0 Å². The van der Waals surface area contributed by atoms with Crippen LogP contribution in [0.15, 0.2) is 24.4 Å². The Morgan fingerprint density at radius 1 is 1.10 bits per heavy atom. The molecule has 2 aromatic rings. The van der Waals surface area contributed by atoms with Crippen molar-refractivity contribution in [3.8, 4) is 11.8 Å². The first-order chi connectivity index (χ1) is 10.1. The molecule has 0 aliphatic heterocycles. The summed E-state index contributed by atoms with van der Waals surface area (Å²) in [7, 11) is 5.04. The monoisotopic (exact) mass is 287 g/mol. The fraction of sp³-hybridized carbons (Fsp3) is 0.375. The van der Waals surface area contributed by atoms with Gasteiger partial charge in [0.1, 0.15) is 5.69 Å². The summed E-state index contributed by atoms with van der Waals surface area (Å²) in [6.45, 7) is 4.20. The molecule has 0 saturated carbocycles. The van der Waals surface area contributed by atoms with Crippen molar-refractivity contribution in [1.82, 2.24) is 15.3 Å². The number of benzene rings is 1. The van der Waals surface area contributed by atoms with Gasteiger partial charge in [-0.15, -0.1) is 0 Å². The number of rotatable bonds is 5. The molecule has 2 rings (SSSR count). The average molecular weight is 287 g/mol. The SMILES string of the molecule is CNC(c1ccc(C)c(C)c1)c1ncc(OC)nc1OC. The molecule has 0 amide bonds. The van der Waals surface area contributed by atoms with Gasteiger partial charge in [-0.1, -0.05) is 18.2 Å². The highest BCUT2D eigenvalue weighted by Gasteiger charge is 2.20. The van der Waals surface area contributed by atoms with Crippen LogP contribution in [0, 0.1) is 13.8 Å². The molecule has 0 saturated heterocycles. The zero-order valence-electron chi connectivity index (χ0n) is 13.1. The number of ether oxygens (including phenoxy) is 2. The number of hydrogen-bond acceptors (Lipinski definition) is 5. The van der Waals surface area contributed by atoms with Gasteiger partial charge in [-0.3, -0.25) is 0 Å². The van der Waals surface area contributed by atoms with Crippen molar-refractivity contribution in [3.05, 3.63) is 46.8 Å². The fourth-order valence-corrected chi connectivity index (χ4v) is 2.22. The third-order valence-corrected chi connectivity index (χ3v) is 3.57. The molecule has 1 aromatic carbocycles. The second kappa shape index (κ2) is 6.54. The standard InChI is InChI=1S/C16H21N3O2/c1-10-6-7-12(8-11(10)2)14(17-3)15-16(21-5)19-13(20-4)9-18-15/h6-9,14,17H,1-5H3. The Balaban J connectivity index is 2.47. The highest BCUT2D eigenvalue weighted by Crippen LogP contribution is 2.28. The van der Waals surface area contributed by atoms with Gasteiger partial charge in [0.2, 0.25) is 11.8 Å². The molecule has 5 nitrogen and oxygen atoms in total. The lowest BCUT2D eigenvalue weighted by molar-refractivity contribution is 0.353. The molecule has 1 heterocycles. The Hall–Kier alpha value is -2.14. The molecule has 0 radical (unpaired) electrons. The van der Waals surface area contributed by atoms with Crippen molar-refractivity contribution >= 4 is 0 Å². The predicted octanol–water partition coefficient (Wildman–Crippen LogP) is 2.42. The van der Waals surface area contributed by atoms with Crippen LogP contribution in [0.1, 0.15) is 28.4 Å². The Morgan fingerprint density at radius 2 is 1.86 bits per heavy atom. The number of hydrogen-bond donors (Lipinski definition) is 1. The molecule has 1 unspecified atom stereocenters. The lowest BCUT2D eigenvalue weighted by Crippen LogP contribution is -2.20. The molecule has 1 atom stereocenters. The van der Waals surface area contributed by atoms with E-state index in [0.717, 1.165) is 11.3 Å². The third kappa shape index (κ3) is 3.13. The average Bonchev–Trinajstić information content (AvgIpc) is 2.51. The summed E-state index contributed by atoms with van der Waals surface area (Å²) in [4.78, 5) is 8.74. The predicted molar refractivity (Wildman–Crippen MR) is 82.0 cm³/mol. The third-order valence-electron chi connectivity index (χ3n) is 3.57. The minimum Gasteiger partial charge on any atom is -0.480 e. The molecule has 5 heteroatoms. The van der Waals surface area contributed by atoms with E-state index in [9.17, 15) is 0 Å². The van der Waals surface area contributed by atoms with Crippen LogP contribution in [-0.4, -0.2) is 31.2 Å². The van der Waals surface area contributed by atoms with Crippen LogP contribution in [0.3, 0.4) is 0 Å². The highest BCUT2D eigenvalue weighted by molar-refractivity contribution is 5.38. The van der Waals surface area contributed by atoms with Crippen LogP contribution in [0.25, 0.3) is 0 Å². The van der Waals surface area contributed by atoms with Gasteiger partial charge in [-0.25, -0.2) is 4.98 Å².